The predicted molar refractivity (Wildman–Crippen MR) is 87.3 cm³/mol. The van der Waals surface area contributed by atoms with E-state index in [9.17, 15) is 4.79 Å². The molecule has 1 aromatic heterocycles. The van der Waals surface area contributed by atoms with Gasteiger partial charge in [-0.1, -0.05) is 35.5 Å². The SMILES string of the molecule is COc1ccc(NC(=O)Cc2cc(-c3ccccc3)no2)cc1. The van der Waals surface area contributed by atoms with Crippen LogP contribution in [-0.2, 0) is 11.2 Å². The first-order chi connectivity index (χ1) is 11.2. The van der Waals surface area contributed by atoms with Gasteiger partial charge in [0.15, 0.2) is 0 Å². The van der Waals surface area contributed by atoms with Gasteiger partial charge in [0.1, 0.15) is 17.2 Å². The molecule has 1 heterocycles. The molecule has 0 fully saturated rings. The molecular weight excluding hydrogens is 292 g/mol. The van der Waals surface area contributed by atoms with Crippen molar-refractivity contribution in [1.29, 1.82) is 0 Å². The summed E-state index contributed by atoms with van der Waals surface area (Å²) in [6, 6.07) is 18.6. The lowest BCUT2D eigenvalue weighted by Gasteiger charge is -2.04. The minimum atomic E-state index is -0.161. The van der Waals surface area contributed by atoms with Crippen LogP contribution in [-0.4, -0.2) is 18.2 Å². The quantitative estimate of drug-likeness (QED) is 0.783. The molecule has 0 atom stereocenters. The van der Waals surface area contributed by atoms with Crippen LogP contribution >= 0.6 is 0 Å². The maximum Gasteiger partial charge on any atom is 0.232 e. The van der Waals surface area contributed by atoms with Crippen molar-refractivity contribution in [1.82, 2.24) is 5.16 Å². The molecule has 5 heteroatoms. The van der Waals surface area contributed by atoms with E-state index in [0.717, 1.165) is 17.0 Å². The fourth-order valence-electron chi connectivity index (χ4n) is 2.18. The maximum atomic E-state index is 12.1. The zero-order chi connectivity index (χ0) is 16.1. The first-order valence-electron chi connectivity index (χ1n) is 7.19. The molecule has 0 saturated carbocycles. The number of nitrogens with one attached hydrogen (secondary N) is 1. The molecule has 116 valence electrons. The van der Waals surface area contributed by atoms with E-state index in [-0.39, 0.29) is 12.3 Å². The second kappa shape index (κ2) is 6.79. The Balaban J connectivity index is 1.63. The average Bonchev–Trinajstić information content (AvgIpc) is 3.04. The first kappa shape index (κ1) is 14.8. The third kappa shape index (κ3) is 3.77. The van der Waals surface area contributed by atoms with E-state index in [2.05, 4.69) is 10.5 Å². The monoisotopic (exact) mass is 308 g/mol. The Bertz CT molecular complexity index is 780. The Labute approximate surface area is 133 Å². The van der Waals surface area contributed by atoms with Crippen LogP contribution in [0.1, 0.15) is 5.76 Å². The lowest BCUT2D eigenvalue weighted by atomic mass is 10.1. The molecule has 3 aromatic rings. The molecule has 0 aliphatic carbocycles. The van der Waals surface area contributed by atoms with Gasteiger partial charge in [0.2, 0.25) is 5.91 Å². The highest BCUT2D eigenvalue weighted by molar-refractivity contribution is 5.92. The molecule has 0 spiro atoms. The van der Waals surface area contributed by atoms with Gasteiger partial charge in [-0.2, -0.15) is 0 Å². The average molecular weight is 308 g/mol. The molecule has 0 radical (unpaired) electrons. The zero-order valence-corrected chi connectivity index (χ0v) is 12.7. The highest BCUT2D eigenvalue weighted by Gasteiger charge is 2.11. The normalized spacial score (nSPS) is 10.3. The van der Waals surface area contributed by atoms with Crippen molar-refractivity contribution in [3.63, 3.8) is 0 Å². The van der Waals surface area contributed by atoms with Gasteiger partial charge in [0, 0.05) is 17.3 Å². The van der Waals surface area contributed by atoms with Crippen LogP contribution in [0.3, 0.4) is 0 Å². The summed E-state index contributed by atoms with van der Waals surface area (Å²) in [7, 11) is 1.60. The molecule has 0 unspecified atom stereocenters. The van der Waals surface area contributed by atoms with Crippen molar-refractivity contribution < 1.29 is 14.1 Å². The van der Waals surface area contributed by atoms with Gasteiger partial charge in [-0.05, 0) is 24.3 Å². The number of rotatable bonds is 5. The Morgan fingerprint density at radius 2 is 1.87 bits per heavy atom. The number of benzene rings is 2. The summed E-state index contributed by atoms with van der Waals surface area (Å²) in [5.74, 6) is 1.10. The van der Waals surface area contributed by atoms with Gasteiger partial charge in [-0.15, -0.1) is 0 Å². The van der Waals surface area contributed by atoms with E-state index in [0.29, 0.717) is 11.4 Å². The second-order valence-corrected chi connectivity index (χ2v) is 5.00. The molecule has 1 N–H and O–H groups in total. The van der Waals surface area contributed by atoms with E-state index in [1.54, 1.807) is 37.4 Å². The van der Waals surface area contributed by atoms with Gasteiger partial charge in [0.05, 0.1) is 13.5 Å². The molecule has 0 aliphatic rings. The Kier molecular flexibility index (Phi) is 4.38. The number of hydrogen-bond donors (Lipinski definition) is 1. The van der Waals surface area contributed by atoms with Gasteiger partial charge in [-0.3, -0.25) is 4.79 Å². The molecule has 5 nitrogen and oxygen atoms in total. The van der Waals surface area contributed by atoms with Crippen molar-refractivity contribution in [2.24, 2.45) is 0 Å². The van der Waals surface area contributed by atoms with Crippen LogP contribution < -0.4 is 10.1 Å². The van der Waals surface area contributed by atoms with Crippen molar-refractivity contribution in [2.45, 2.75) is 6.42 Å². The summed E-state index contributed by atoms with van der Waals surface area (Å²) < 4.78 is 10.3. The lowest BCUT2D eigenvalue weighted by molar-refractivity contribution is -0.115. The zero-order valence-electron chi connectivity index (χ0n) is 12.7. The van der Waals surface area contributed by atoms with Crippen molar-refractivity contribution in [3.05, 3.63) is 66.4 Å². The van der Waals surface area contributed by atoms with Gasteiger partial charge >= 0.3 is 0 Å². The summed E-state index contributed by atoms with van der Waals surface area (Å²) in [5.41, 5.74) is 2.38. The minimum Gasteiger partial charge on any atom is -0.497 e. The number of carbonyl (C=O) groups is 1. The Morgan fingerprint density at radius 1 is 1.13 bits per heavy atom. The highest BCUT2D eigenvalue weighted by Crippen LogP contribution is 2.19. The topological polar surface area (TPSA) is 64.4 Å². The van der Waals surface area contributed by atoms with Crippen LogP contribution in [0.15, 0.2) is 65.2 Å². The summed E-state index contributed by atoms with van der Waals surface area (Å²) in [5, 5.41) is 6.81. The first-order valence-corrected chi connectivity index (χ1v) is 7.19. The molecular formula is C18H16N2O3. The molecule has 23 heavy (non-hydrogen) atoms. The van der Waals surface area contributed by atoms with Crippen molar-refractivity contribution in [3.8, 4) is 17.0 Å². The third-order valence-corrected chi connectivity index (χ3v) is 3.34. The third-order valence-electron chi connectivity index (χ3n) is 3.34. The van der Waals surface area contributed by atoms with E-state index < -0.39 is 0 Å². The lowest BCUT2D eigenvalue weighted by Crippen LogP contribution is -2.13. The van der Waals surface area contributed by atoms with E-state index in [1.165, 1.54) is 0 Å². The van der Waals surface area contributed by atoms with Crippen molar-refractivity contribution in [2.75, 3.05) is 12.4 Å². The number of aromatic nitrogens is 1. The largest absolute Gasteiger partial charge is 0.497 e. The molecule has 3 rings (SSSR count). The van der Waals surface area contributed by atoms with Crippen molar-refractivity contribution >= 4 is 11.6 Å². The van der Waals surface area contributed by atoms with Crippen LogP contribution in [0, 0.1) is 0 Å². The van der Waals surface area contributed by atoms with Crippen LogP contribution in [0.2, 0.25) is 0 Å². The molecule has 0 bridgehead atoms. The van der Waals surface area contributed by atoms with E-state index in [1.807, 2.05) is 30.3 Å². The summed E-state index contributed by atoms with van der Waals surface area (Å²) in [4.78, 5) is 12.1. The summed E-state index contributed by atoms with van der Waals surface area (Å²) in [6.07, 6.45) is 0.131. The van der Waals surface area contributed by atoms with Gasteiger partial charge in [0.25, 0.3) is 0 Å². The predicted octanol–water partition coefficient (Wildman–Crippen LogP) is 3.53. The second-order valence-electron chi connectivity index (χ2n) is 5.00. The standard InChI is InChI=1S/C18H16N2O3/c1-22-15-9-7-14(8-10-15)19-18(21)12-16-11-17(20-23-16)13-5-3-2-4-6-13/h2-11H,12H2,1H3,(H,19,21). The highest BCUT2D eigenvalue weighted by atomic mass is 16.5. The minimum absolute atomic E-state index is 0.131. The molecule has 0 aliphatic heterocycles. The van der Waals surface area contributed by atoms with E-state index >= 15 is 0 Å². The van der Waals surface area contributed by atoms with Gasteiger partial charge in [-0.25, -0.2) is 0 Å². The number of methoxy groups -OCH3 is 1. The smallest absolute Gasteiger partial charge is 0.232 e. The Morgan fingerprint density at radius 3 is 2.57 bits per heavy atom. The fourth-order valence-corrected chi connectivity index (χ4v) is 2.18. The van der Waals surface area contributed by atoms with E-state index in [4.69, 9.17) is 9.26 Å². The summed E-state index contributed by atoms with van der Waals surface area (Å²) >= 11 is 0. The van der Waals surface area contributed by atoms with Crippen LogP contribution in [0.5, 0.6) is 5.75 Å². The number of hydrogen-bond acceptors (Lipinski definition) is 4. The summed E-state index contributed by atoms with van der Waals surface area (Å²) in [6.45, 7) is 0. The van der Waals surface area contributed by atoms with Gasteiger partial charge < -0.3 is 14.6 Å². The van der Waals surface area contributed by atoms with Crippen LogP contribution in [0.4, 0.5) is 5.69 Å². The maximum absolute atomic E-state index is 12.1. The number of anilines is 1. The fraction of sp³-hybridized carbons (Fsp3) is 0.111. The Hall–Kier alpha value is -3.08. The number of nitrogens with zero attached hydrogens (tertiary/aromatic N) is 1. The van der Waals surface area contributed by atoms with Crippen LogP contribution in [0.25, 0.3) is 11.3 Å². The molecule has 0 saturated heterocycles. The number of carbonyl (C=O) groups excluding carboxylic acids is 1. The number of amides is 1. The molecule has 1 amide bonds. The number of ether oxygens (including phenoxy) is 1. The molecule has 2 aromatic carbocycles.